The lowest BCUT2D eigenvalue weighted by Crippen LogP contribution is -2.55. The normalized spacial score (nSPS) is 16.4. The lowest BCUT2D eigenvalue weighted by Gasteiger charge is -2.34. The predicted molar refractivity (Wildman–Crippen MR) is 98.1 cm³/mol. The first-order valence-corrected chi connectivity index (χ1v) is 9.51. The fourth-order valence-electron chi connectivity index (χ4n) is 2.83. The van der Waals surface area contributed by atoms with Crippen molar-refractivity contribution in [2.75, 3.05) is 31.8 Å². The van der Waals surface area contributed by atoms with E-state index < -0.39 is 26.5 Å². The van der Waals surface area contributed by atoms with Crippen molar-refractivity contribution < 1.29 is 22.7 Å². The second-order valence-electron chi connectivity index (χ2n) is 5.99. The highest BCUT2D eigenvalue weighted by Crippen LogP contribution is 2.30. The van der Waals surface area contributed by atoms with Crippen LogP contribution in [0.15, 0.2) is 18.2 Å². The van der Waals surface area contributed by atoms with Crippen LogP contribution in [-0.4, -0.2) is 51.5 Å². The van der Waals surface area contributed by atoms with Gasteiger partial charge in [0.2, 0.25) is 5.91 Å². The number of anilines is 1. The van der Waals surface area contributed by atoms with Gasteiger partial charge in [-0.15, -0.1) is 12.4 Å². The van der Waals surface area contributed by atoms with Crippen molar-refractivity contribution in [3.8, 4) is 0 Å². The van der Waals surface area contributed by atoms with Crippen LogP contribution >= 0.6 is 12.4 Å². The maximum Gasteiger partial charge on any atom is 0.337 e. The van der Waals surface area contributed by atoms with Gasteiger partial charge in [-0.2, -0.15) is 0 Å². The molecule has 0 aromatic heterocycles. The summed E-state index contributed by atoms with van der Waals surface area (Å²) in [6.45, 7) is 2.69. The van der Waals surface area contributed by atoms with Gasteiger partial charge in [0, 0.05) is 11.9 Å². The van der Waals surface area contributed by atoms with Crippen molar-refractivity contribution in [2.24, 2.45) is 0 Å². The first-order valence-electron chi connectivity index (χ1n) is 7.62. The molecule has 0 radical (unpaired) electrons. The topological polar surface area (TPSA) is 102 Å². The Balaban J connectivity index is 0.00000312. The molecule has 25 heavy (non-hydrogen) atoms. The van der Waals surface area contributed by atoms with E-state index in [0.29, 0.717) is 18.8 Å². The third-order valence-electron chi connectivity index (χ3n) is 4.44. The Bertz CT molecular complexity index is 758. The zero-order valence-corrected chi connectivity index (χ0v) is 16.1. The van der Waals surface area contributed by atoms with Gasteiger partial charge in [-0.3, -0.25) is 4.79 Å². The lowest BCUT2D eigenvalue weighted by atomic mass is 9.95. The quantitative estimate of drug-likeness (QED) is 0.751. The van der Waals surface area contributed by atoms with E-state index in [4.69, 9.17) is 0 Å². The molecule has 0 spiro atoms. The van der Waals surface area contributed by atoms with Crippen LogP contribution in [0.2, 0.25) is 0 Å². The molecule has 1 saturated heterocycles. The maximum atomic E-state index is 12.8. The van der Waals surface area contributed by atoms with Crippen LogP contribution in [0.1, 0.15) is 28.8 Å². The van der Waals surface area contributed by atoms with Crippen LogP contribution in [0, 0.1) is 6.92 Å². The summed E-state index contributed by atoms with van der Waals surface area (Å²) < 4.78 is 27.8. The standard InChI is InChI=1S/C16H22N2O5S.ClH/c1-11-4-5-12(14(19)23-2)10-13(11)18-15(20)16(24(3,21)22)6-8-17-9-7-16;/h4-5,10,17H,6-9H2,1-3H3,(H,18,20);1H. The van der Waals surface area contributed by atoms with E-state index in [2.05, 4.69) is 15.4 Å². The number of nitrogens with one attached hydrogen (secondary N) is 2. The molecule has 1 aromatic carbocycles. The van der Waals surface area contributed by atoms with Crippen LogP contribution in [0.3, 0.4) is 0 Å². The number of ether oxygens (including phenoxy) is 1. The highest BCUT2D eigenvalue weighted by Gasteiger charge is 2.48. The molecule has 0 saturated carbocycles. The van der Waals surface area contributed by atoms with E-state index in [0.717, 1.165) is 11.8 Å². The Labute approximate surface area is 153 Å². The minimum atomic E-state index is -3.59. The van der Waals surface area contributed by atoms with Gasteiger partial charge >= 0.3 is 5.97 Å². The Morgan fingerprint density at radius 1 is 1.24 bits per heavy atom. The van der Waals surface area contributed by atoms with Gasteiger partial charge in [0.15, 0.2) is 14.6 Å². The van der Waals surface area contributed by atoms with Gasteiger partial charge in [0.25, 0.3) is 0 Å². The number of amides is 1. The van der Waals surface area contributed by atoms with Gasteiger partial charge in [0.05, 0.1) is 12.7 Å². The Hall–Kier alpha value is -1.64. The van der Waals surface area contributed by atoms with Gasteiger partial charge < -0.3 is 15.4 Å². The van der Waals surface area contributed by atoms with Crippen LogP contribution < -0.4 is 10.6 Å². The third-order valence-corrected chi connectivity index (χ3v) is 6.45. The van der Waals surface area contributed by atoms with Crippen molar-refractivity contribution in [1.29, 1.82) is 0 Å². The summed E-state index contributed by atoms with van der Waals surface area (Å²) in [4.78, 5) is 24.5. The molecule has 1 fully saturated rings. The van der Waals surface area contributed by atoms with Crippen molar-refractivity contribution in [3.63, 3.8) is 0 Å². The summed E-state index contributed by atoms with van der Waals surface area (Å²) in [5, 5.41) is 5.76. The number of rotatable bonds is 4. The second kappa shape index (κ2) is 8.16. The van der Waals surface area contributed by atoms with Gasteiger partial charge in [-0.05, 0) is 50.6 Å². The molecule has 1 amide bonds. The Morgan fingerprint density at radius 2 is 1.84 bits per heavy atom. The molecule has 1 aromatic rings. The van der Waals surface area contributed by atoms with E-state index in [1.54, 1.807) is 19.1 Å². The van der Waals surface area contributed by atoms with Crippen LogP contribution in [0.5, 0.6) is 0 Å². The molecule has 9 heteroatoms. The van der Waals surface area contributed by atoms with E-state index >= 15 is 0 Å². The predicted octanol–water partition coefficient (Wildman–Crippen LogP) is 1.31. The summed E-state index contributed by atoms with van der Waals surface area (Å²) in [7, 11) is -2.32. The molecule has 7 nitrogen and oxygen atoms in total. The van der Waals surface area contributed by atoms with Crippen molar-refractivity contribution in [2.45, 2.75) is 24.5 Å². The van der Waals surface area contributed by atoms with Crippen LogP contribution in [0.25, 0.3) is 0 Å². The molecule has 2 rings (SSSR count). The monoisotopic (exact) mass is 390 g/mol. The minimum absolute atomic E-state index is 0. The summed E-state index contributed by atoms with van der Waals surface area (Å²) in [6, 6.07) is 4.77. The second-order valence-corrected chi connectivity index (χ2v) is 8.32. The SMILES string of the molecule is COC(=O)c1ccc(C)c(NC(=O)C2(S(C)(=O)=O)CCNCC2)c1.Cl. The molecule has 0 unspecified atom stereocenters. The molecular formula is C16H23ClN2O5S. The maximum absolute atomic E-state index is 12.8. The number of hydrogen-bond acceptors (Lipinski definition) is 6. The van der Waals surface area contributed by atoms with Crippen molar-refractivity contribution in [3.05, 3.63) is 29.3 Å². The van der Waals surface area contributed by atoms with Crippen molar-refractivity contribution in [1.82, 2.24) is 5.32 Å². The first-order chi connectivity index (χ1) is 11.2. The van der Waals surface area contributed by atoms with E-state index in [1.807, 2.05) is 0 Å². The Morgan fingerprint density at radius 3 is 2.36 bits per heavy atom. The molecule has 140 valence electrons. The number of carbonyl (C=O) groups is 2. The van der Waals surface area contributed by atoms with E-state index in [-0.39, 0.29) is 30.8 Å². The number of halogens is 1. The van der Waals surface area contributed by atoms with Crippen molar-refractivity contribution >= 4 is 39.8 Å². The average Bonchev–Trinajstić information content (AvgIpc) is 2.55. The molecule has 0 bridgehead atoms. The smallest absolute Gasteiger partial charge is 0.337 e. The number of sulfone groups is 1. The lowest BCUT2D eigenvalue weighted by molar-refractivity contribution is -0.119. The molecule has 0 aliphatic carbocycles. The van der Waals surface area contributed by atoms with Gasteiger partial charge in [-0.25, -0.2) is 13.2 Å². The largest absolute Gasteiger partial charge is 0.465 e. The highest BCUT2D eigenvalue weighted by molar-refractivity contribution is 7.92. The fourth-order valence-corrected chi connectivity index (χ4v) is 4.17. The third kappa shape index (κ3) is 4.31. The number of hydrogen-bond donors (Lipinski definition) is 2. The highest BCUT2D eigenvalue weighted by atomic mass is 35.5. The molecular weight excluding hydrogens is 368 g/mol. The number of piperidine rings is 1. The number of aryl methyl sites for hydroxylation is 1. The summed E-state index contributed by atoms with van der Waals surface area (Å²) >= 11 is 0. The first kappa shape index (κ1) is 21.4. The number of esters is 1. The molecule has 1 aliphatic heterocycles. The van der Waals surface area contributed by atoms with Gasteiger partial charge in [-0.1, -0.05) is 6.07 Å². The summed E-state index contributed by atoms with van der Waals surface area (Å²) in [5.74, 6) is -1.08. The van der Waals surface area contributed by atoms with E-state index in [9.17, 15) is 18.0 Å². The zero-order chi connectivity index (χ0) is 18.0. The summed E-state index contributed by atoms with van der Waals surface area (Å²) in [5.41, 5.74) is 1.43. The minimum Gasteiger partial charge on any atom is -0.465 e. The number of methoxy groups -OCH3 is 1. The van der Waals surface area contributed by atoms with Gasteiger partial charge in [0.1, 0.15) is 0 Å². The molecule has 2 N–H and O–H groups in total. The average molecular weight is 391 g/mol. The number of benzene rings is 1. The van der Waals surface area contributed by atoms with Crippen LogP contribution in [0.4, 0.5) is 5.69 Å². The number of carbonyl (C=O) groups excluding carboxylic acids is 2. The molecule has 0 atom stereocenters. The van der Waals surface area contributed by atoms with E-state index in [1.165, 1.54) is 13.2 Å². The zero-order valence-electron chi connectivity index (χ0n) is 14.4. The molecule has 1 aliphatic rings. The Kier molecular flexibility index (Phi) is 6.99. The fraction of sp³-hybridized carbons (Fsp3) is 0.500. The van der Waals surface area contributed by atoms with Crippen LogP contribution in [-0.2, 0) is 19.4 Å². The molecule has 1 heterocycles. The summed E-state index contributed by atoms with van der Waals surface area (Å²) in [6.07, 6.45) is 1.52.